The van der Waals surface area contributed by atoms with Crippen molar-refractivity contribution in [3.05, 3.63) is 77.7 Å². The largest absolute Gasteiger partial charge is 0.495 e. The molecule has 2 aromatic carbocycles. The third-order valence-corrected chi connectivity index (χ3v) is 5.46. The van der Waals surface area contributed by atoms with Crippen LogP contribution in [-0.2, 0) is 16.6 Å². The van der Waals surface area contributed by atoms with E-state index in [1.165, 1.54) is 31.6 Å². The molecule has 3 aromatic rings. The SMILES string of the molecule is COc1ccc(S(=O)(=O)NCc2ccco2)cc1NC(=O)c1ccc(C)cc1. The average molecular weight is 400 g/mol. The minimum absolute atomic E-state index is 0.000868. The van der Waals surface area contributed by atoms with Gasteiger partial charge < -0.3 is 14.5 Å². The van der Waals surface area contributed by atoms with Gasteiger partial charge in [-0.15, -0.1) is 0 Å². The molecule has 0 bridgehead atoms. The number of anilines is 1. The Kier molecular flexibility index (Phi) is 5.81. The molecule has 8 heteroatoms. The highest BCUT2D eigenvalue weighted by Crippen LogP contribution is 2.28. The first kappa shape index (κ1) is 19.7. The summed E-state index contributed by atoms with van der Waals surface area (Å²) in [5, 5.41) is 2.70. The zero-order chi connectivity index (χ0) is 20.1. The molecular weight excluding hydrogens is 380 g/mol. The Labute approximate surface area is 163 Å². The van der Waals surface area contributed by atoms with Crippen molar-refractivity contribution >= 4 is 21.6 Å². The number of ether oxygens (including phenoxy) is 1. The first-order valence-corrected chi connectivity index (χ1v) is 9.95. The van der Waals surface area contributed by atoms with Crippen LogP contribution in [-0.4, -0.2) is 21.4 Å². The molecule has 1 aromatic heterocycles. The van der Waals surface area contributed by atoms with Crippen LogP contribution >= 0.6 is 0 Å². The van der Waals surface area contributed by atoms with E-state index in [0.717, 1.165) is 5.56 Å². The number of carbonyl (C=O) groups excluding carboxylic acids is 1. The van der Waals surface area contributed by atoms with Crippen LogP contribution in [0.25, 0.3) is 0 Å². The van der Waals surface area contributed by atoms with Crippen LogP contribution < -0.4 is 14.8 Å². The topological polar surface area (TPSA) is 97.6 Å². The highest BCUT2D eigenvalue weighted by Gasteiger charge is 2.18. The van der Waals surface area contributed by atoms with Crippen LogP contribution in [0.5, 0.6) is 5.75 Å². The molecule has 0 unspecified atom stereocenters. The Morgan fingerprint density at radius 1 is 1.11 bits per heavy atom. The third-order valence-electron chi connectivity index (χ3n) is 4.06. The Bertz CT molecular complexity index is 1060. The molecule has 2 N–H and O–H groups in total. The van der Waals surface area contributed by atoms with Gasteiger partial charge in [0.25, 0.3) is 5.91 Å². The molecule has 0 radical (unpaired) electrons. The summed E-state index contributed by atoms with van der Waals surface area (Å²) in [4.78, 5) is 12.5. The molecule has 0 saturated carbocycles. The molecule has 146 valence electrons. The first-order chi connectivity index (χ1) is 13.4. The number of methoxy groups -OCH3 is 1. The van der Waals surface area contributed by atoms with Crippen LogP contribution in [0.3, 0.4) is 0 Å². The zero-order valence-corrected chi connectivity index (χ0v) is 16.2. The van der Waals surface area contributed by atoms with Gasteiger partial charge in [0, 0.05) is 5.56 Å². The van der Waals surface area contributed by atoms with E-state index in [0.29, 0.717) is 17.1 Å². The second-order valence-corrected chi connectivity index (χ2v) is 7.85. The summed E-state index contributed by atoms with van der Waals surface area (Å²) in [6.07, 6.45) is 1.47. The number of hydrogen-bond donors (Lipinski definition) is 2. The molecule has 0 saturated heterocycles. The minimum Gasteiger partial charge on any atom is -0.495 e. The van der Waals surface area contributed by atoms with Crippen molar-refractivity contribution in [3.8, 4) is 5.75 Å². The Hall–Kier alpha value is -3.10. The molecular formula is C20H20N2O5S. The molecule has 0 aliphatic carbocycles. The summed E-state index contributed by atoms with van der Waals surface area (Å²) in [5.74, 6) is 0.479. The highest BCUT2D eigenvalue weighted by molar-refractivity contribution is 7.89. The van der Waals surface area contributed by atoms with Crippen molar-refractivity contribution in [2.24, 2.45) is 0 Å². The van der Waals surface area contributed by atoms with Crippen molar-refractivity contribution in [3.63, 3.8) is 0 Å². The summed E-state index contributed by atoms with van der Waals surface area (Å²) < 4.78 is 38.0. The third kappa shape index (κ3) is 4.59. The van der Waals surface area contributed by atoms with Gasteiger partial charge in [0.1, 0.15) is 11.5 Å². The lowest BCUT2D eigenvalue weighted by atomic mass is 10.1. The van der Waals surface area contributed by atoms with Crippen LogP contribution in [0.4, 0.5) is 5.69 Å². The van der Waals surface area contributed by atoms with Gasteiger partial charge in [-0.1, -0.05) is 17.7 Å². The Balaban J connectivity index is 1.82. The predicted octanol–water partition coefficient (Wildman–Crippen LogP) is 3.33. The molecule has 0 aliphatic rings. The van der Waals surface area contributed by atoms with Gasteiger partial charge in [-0.05, 0) is 49.4 Å². The lowest BCUT2D eigenvalue weighted by Gasteiger charge is -2.13. The molecule has 3 rings (SSSR count). The van der Waals surface area contributed by atoms with E-state index in [-0.39, 0.29) is 23.0 Å². The standard InChI is InChI=1S/C20H20N2O5S/c1-14-5-7-15(8-6-14)20(23)22-18-12-17(9-10-19(18)26-2)28(24,25)21-13-16-4-3-11-27-16/h3-12,21H,13H2,1-2H3,(H,22,23). The van der Waals surface area contributed by atoms with Crippen molar-refractivity contribution in [2.45, 2.75) is 18.4 Å². The quantitative estimate of drug-likeness (QED) is 0.634. The highest BCUT2D eigenvalue weighted by atomic mass is 32.2. The number of nitrogens with one attached hydrogen (secondary N) is 2. The number of furan rings is 1. The van der Waals surface area contributed by atoms with Crippen LogP contribution in [0.2, 0.25) is 0 Å². The van der Waals surface area contributed by atoms with E-state index in [1.807, 2.05) is 19.1 Å². The molecule has 1 heterocycles. The fraction of sp³-hybridized carbons (Fsp3) is 0.150. The first-order valence-electron chi connectivity index (χ1n) is 8.47. The minimum atomic E-state index is -3.81. The summed E-state index contributed by atoms with van der Waals surface area (Å²) in [6.45, 7) is 1.95. The van der Waals surface area contributed by atoms with Gasteiger partial charge in [-0.2, -0.15) is 0 Å². The fourth-order valence-corrected chi connectivity index (χ4v) is 3.53. The maximum atomic E-state index is 12.6. The smallest absolute Gasteiger partial charge is 0.255 e. The van der Waals surface area contributed by atoms with E-state index in [9.17, 15) is 13.2 Å². The Morgan fingerprint density at radius 2 is 1.86 bits per heavy atom. The van der Waals surface area contributed by atoms with Gasteiger partial charge in [0.15, 0.2) is 0 Å². The van der Waals surface area contributed by atoms with Crippen molar-refractivity contribution in [1.29, 1.82) is 0 Å². The molecule has 7 nitrogen and oxygen atoms in total. The normalized spacial score (nSPS) is 11.2. The van der Waals surface area contributed by atoms with Gasteiger partial charge in [-0.3, -0.25) is 4.79 Å². The van der Waals surface area contributed by atoms with E-state index in [1.54, 1.807) is 24.3 Å². The van der Waals surface area contributed by atoms with E-state index >= 15 is 0 Å². The van der Waals surface area contributed by atoms with E-state index in [2.05, 4.69) is 10.0 Å². The fourth-order valence-electron chi connectivity index (χ4n) is 2.51. The van der Waals surface area contributed by atoms with Gasteiger partial charge in [-0.25, -0.2) is 13.1 Å². The molecule has 0 fully saturated rings. The van der Waals surface area contributed by atoms with Crippen LogP contribution in [0.15, 0.2) is 70.2 Å². The average Bonchev–Trinajstić information content (AvgIpc) is 3.20. The van der Waals surface area contributed by atoms with Crippen molar-refractivity contribution in [1.82, 2.24) is 4.72 Å². The van der Waals surface area contributed by atoms with Gasteiger partial charge >= 0.3 is 0 Å². The number of carbonyl (C=O) groups is 1. The number of sulfonamides is 1. The Morgan fingerprint density at radius 3 is 2.50 bits per heavy atom. The van der Waals surface area contributed by atoms with Crippen LogP contribution in [0, 0.1) is 6.92 Å². The second kappa shape index (κ2) is 8.28. The molecule has 0 aliphatic heterocycles. The van der Waals surface area contributed by atoms with Crippen molar-refractivity contribution < 1.29 is 22.4 Å². The molecule has 0 spiro atoms. The number of amides is 1. The molecule has 28 heavy (non-hydrogen) atoms. The van der Waals surface area contributed by atoms with Gasteiger partial charge in [0.05, 0.1) is 30.5 Å². The monoisotopic (exact) mass is 400 g/mol. The number of benzene rings is 2. The van der Waals surface area contributed by atoms with E-state index in [4.69, 9.17) is 9.15 Å². The summed E-state index contributed by atoms with van der Waals surface area (Å²) in [7, 11) is -2.36. The molecule has 1 amide bonds. The lowest BCUT2D eigenvalue weighted by Crippen LogP contribution is -2.23. The number of aryl methyl sites for hydroxylation is 1. The predicted molar refractivity (Wildman–Crippen MR) is 105 cm³/mol. The lowest BCUT2D eigenvalue weighted by molar-refractivity contribution is 0.102. The number of hydrogen-bond acceptors (Lipinski definition) is 5. The summed E-state index contributed by atoms with van der Waals surface area (Å²) in [5.41, 5.74) is 1.75. The maximum Gasteiger partial charge on any atom is 0.255 e. The van der Waals surface area contributed by atoms with Crippen LogP contribution in [0.1, 0.15) is 21.7 Å². The summed E-state index contributed by atoms with van der Waals surface area (Å²) in [6, 6.07) is 14.6. The molecule has 0 atom stereocenters. The second-order valence-electron chi connectivity index (χ2n) is 6.09. The zero-order valence-electron chi connectivity index (χ0n) is 15.4. The van der Waals surface area contributed by atoms with E-state index < -0.39 is 10.0 Å². The van der Waals surface area contributed by atoms with Gasteiger partial charge in [0.2, 0.25) is 10.0 Å². The van der Waals surface area contributed by atoms with Crippen molar-refractivity contribution in [2.75, 3.05) is 12.4 Å². The summed E-state index contributed by atoms with van der Waals surface area (Å²) >= 11 is 0. The number of rotatable bonds is 7. The maximum absolute atomic E-state index is 12.6.